The molecular weight excluding hydrogens is 667 g/mol. The van der Waals surface area contributed by atoms with E-state index in [-0.39, 0.29) is 22.4 Å². The smallest absolute Gasteiger partial charge is 0.0461 e. The molecule has 40 heavy (non-hydrogen) atoms. The third-order valence-electron chi connectivity index (χ3n) is 6.09. The first-order valence-electron chi connectivity index (χ1n) is 12.7. The van der Waals surface area contributed by atoms with Crippen LogP contribution in [-0.4, -0.2) is 0 Å². The summed E-state index contributed by atoms with van der Waals surface area (Å²) in [5.74, 6) is 2.40. The van der Waals surface area contributed by atoms with Gasteiger partial charge in [0.25, 0.3) is 0 Å². The van der Waals surface area contributed by atoms with Crippen molar-refractivity contribution in [1.29, 1.82) is 0 Å². The van der Waals surface area contributed by atoms with Crippen LogP contribution in [0.3, 0.4) is 0 Å². The van der Waals surface area contributed by atoms with E-state index in [1.54, 1.807) is 0 Å². The van der Waals surface area contributed by atoms with E-state index in [1.165, 1.54) is 0 Å². The molecule has 197 valence electrons. The standard InChI is InChI=1S/C20H14N.C18H11.Au/c1-2-17-13-15-20(16-14-17)21(18-9-5-3-6-10-18)19-11-7-4-8-12-19;1-3-8-15(9-4-1)17-12-7-13-18(14-17)16-10-5-2-6-11-16;/h3-16H;1-8,10,12-13H;/q-1;-3;. The van der Waals surface area contributed by atoms with Gasteiger partial charge in [0.2, 0.25) is 0 Å². The summed E-state index contributed by atoms with van der Waals surface area (Å²) in [6.45, 7) is 0. The fraction of sp³-hybridized carbons (Fsp3) is 0. The van der Waals surface area contributed by atoms with Crippen LogP contribution < -0.4 is 4.90 Å². The van der Waals surface area contributed by atoms with Crippen molar-refractivity contribution in [2.24, 2.45) is 0 Å². The average Bonchev–Trinajstić information content (AvgIpc) is 3.04. The van der Waals surface area contributed by atoms with Gasteiger partial charge < -0.3 is 11.3 Å². The molecule has 6 rings (SSSR count). The zero-order chi connectivity index (χ0) is 26.7. The molecule has 0 heterocycles. The van der Waals surface area contributed by atoms with Gasteiger partial charge in [-0.1, -0.05) is 48.5 Å². The summed E-state index contributed by atoms with van der Waals surface area (Å²) in [6.07, 6.45) is 7.19. The Bertz CT molecular complexity index is 1530. The van der Waals surface area contributed by atoms with Crippen LogP contribution in [0.1, 0.15) is 5.56 Å². The third kappa shape index (κ3) is 7.29. The van der Waals surface area contributed by atoms with E-state index in [1.807, 2.05) is 115 Å². The van der Waals surface area contributed by atoms with Crippen molar-refractivity contribution >= 4 is 17.1 Å². The van der Waals surface area contributed by atoms with E-state index in [0.717, 1.165) is 44.9 Å². The summed E-state index contributed by atoms with van der Waals surface area (Å²) in [4.78, 5) is 2.19. The monoisotopic (exact) mass is 692 g/mol. The van der Waals surface area contributed by atoms with Crippen LogP contribution in [0.2, 0.25) is 0 Å². The molecule has 0 fully saturated rings. The summed E-state index contributed by atoms with van der Waals surface area (Å²) in [6, 6.07) is 60.3. The van der Waals surface area contributed by atoms with Crippen LogP contribution >= 0.6 is 0 Å². The zero-order valence-corrected chi connectivity index (χ0v) is 23.8. The Labute approximate surface area is 253 Å². The first-order chi connectivity index (χ1) is 19.3. The summed E-state index contributed by atoms with van der Waals surface area (Å²) in [7, 11) is 0. The minimum absolute atomic E-state index is 0. The molecule has 0 aliphatic carbocycles. The van der Waals surface area contributed by atoms with Crippen molar-refractivity contribution < 1.29 is 22.4 Å². The van der Waals surface area contributed by atoms with Gasteiger partial charge in [-0.3, -0.25) is 5.92 Å². The number of hydrogen-bond donors (Lipinski definition) is 0. The second kappa shape index (κ2) is 14.5. The molecule has 0 N–H and O–H groups in total. The van der Waals surface area contributed by atoms with Crippen LogP contribution in [-0.2, 0) is 22.4 Å². The van der Waals surface area contributed by atoms with Crippen LogP contribution in [0.15, 0.2) is 152 Å². The second-order valence-corrected chi connectivity index (χ2v) is 8.71. The number of rotatable bonds is 5. The van der Waals surface area contributed by atoms with E-state index < -0.39 is 0 Å². The molecule has 0 aromatic heterocycles. The van der Waals surface area contributed by atoms with E-state index in [9.17, 15) is 0 Å². The molecule has 6 aromatic rings. The van der Waals surface area contributed by atoms with E-state index in [4.69, 9.17) is 6.42 Å². The molecule has 0 atom stereocenters. The van der Waals surface area contributed by atoms with Gasteiger partial charge in [0, 0.05) is 39.4 Å². The van der Waals surface area contributed by atoms with Crippen molar-refractivity contribution in [2.75, 3.05) is 4.90 Å². The maximum atomic E-state index is 7.19. The fourth-order valence-electron chi connectivity index (χ4n) is 4.20. The number of nitrogens with zero attached hydrogens (tertiary/aromatic N) is 1. The second-order valence-electron chi connectivity index (χ2n) is 8.71. The molecule has 0 aliphatic rings. The number of benzene rings is 6. The summed E-state index contributed by atoms with van der Waals surface area (Å²) in [5.41, 5.74) is 8.30. The SMILES string of the molecule is [Au].[C-]#Cc1ccc(N(c2ccccc2)c2ccccc2)cc1.[c-]1ccccc1-c1[c-]c(-c2[c-]cccc2)ccc1. The van der Waals surface area contributed by atoms with Crippen molar-refractivity contribution in [2.45, 2.75) is 0 Å². The minimum atomic E-state index is 0. The number of para-hydroxylation sites is 2. The van der Waals surface area contributed by atoms with Gasteiger partial charge in [0.1, 0.15) is 0 Å². The first-order valence-corrected chi connectivity index (χ1v) is 12.7. The topological polar surface area (TPSA) is 3.24 Å². The van der Waals surface area contributed by atoms with Crippen molar-refractivity contribution in [3.05, 3.63) is 182 Å². The molecule has 1 radical (unpaired) electrons. The van der Waals surface area contributed by atoms with Gasteiger partial charge in [0.05, 0.1) is 0 Å². The average molecular weight is 693 g/mol. The van der Waals surface area contributed by atoms with Crippen molar-refractivity contribution in [3.63, 3.8) is 0 Å². The molecule has 2 heteroatoms. The molecular formula is C38H25AuN-4. The number of anilines is 3. The zero-order valence-electron chi connectivity index (χ0n) is 21.7. The van der Waals surface area contributed by atoms with Gasteiger partial charge >= 0.3 is 0 Å². The molecule has 0 saturated heterocycles. The van der Waals surface area contributed by atoms with Gasteiger partial charge in [0.15, 0.2) is 0 Å². The predicted molar refractivity (Wildman–Crippen MR) is 161 cm³/mol. The molecule has 0 unspecified atom stereocenters. The molecule has 0 spiro atoms. The predicted octanol–water partition coefficient (Wildman–Crippen LogP) is 9.51. The third-order valence-corrected chi connectivity index (χ3v) is 6.09. The Balaban J connectivity index is 0.000000182. The van der Waals surface area contributed by atoms with Gasteiger partial charge in [-0.05, 0) is 24.3 Å². The Kier molecular flexibility index (Phi) is 10.3. The van der Waals surface area contributed by atoms with Gasteiger partial charge in [-0.25, -0.2) is 28.3 Å². The maximum absolute atomic E-state index is 7.19. The molecule has 0 aliphatic heterocycles. The Morgan fingerprint density at radius 3 is 1.30 bits per heavy atom. The van der Waals surface area contributed by atoms with Crippen molar-refractivity contribution in [1.82, 2.24) is 0 Å². The molecule has 0 saturated carbocycles. The van der Waals surface area contributed by atoms with Gasteiger partial charge in [-0.2, -0.15) is 60.7 Å². The maximum Gasteiger partial charge on any atom is 0.0461 e. The summed E-state index contributed by atoms with van der Waals surface area (Å²) < 4.78 is 0. The number of hydrogen-bond acceptors (Lipinski definition) is 1. The van der Waals surface area contributed by atoms with E-state index >= 15 is 0 Å². The van der Waals surface area contributed by atoms with E-state index in [0.29, 0.717) is 0 Å². The fourth-order valence-corrected chi connectivity index (χ4v) is 4.20. The molecule has 0 bridgehead atoms. The largest absolute Gasteiger partial charge is 0.366 e. The minimum Gasteiger partial charge on any atom is -0.366 e. The normalized spacial score (nSPS) is 9.78. The van der Waals surface area contributed by atoms with Crippen LogP contribution in [0.5, 0.6) is 0 Å². The Hall–Kier alpha value is -4.58. The molecule has 0 amide bonds. The van der Waals surface area contributed by atoms with Crippen molar-refractivity contribution in [3.8, 4) is 28.2 Å². The Morgan fingerprint density at radius 1 is 0.450 bits per heavy atom. The molecule has 1 nitrogen and oxygen atoms in total. The quantitative estimate of drug-likeness (QED) is 0.0989. The van der Waals surface area contributed by atoms with Gasteiger partial charge in [-0.15, -0.1) is 35.9 Å². The van der Waals surface area contributed by atoms with Crippen LogP contribution in [0.25, 0.3) is 22.3 Å². The van der Waals surface area contributed by atoms with E-state index in [2.05, 4.69) is 65.4 Å². The Morgan fingerprint density at radius 2 is 0.875 bits per heavy atom. The molecule has 6 aromatic carbocycles. The summed E-state index contributed by atoms with van der Waals surface area (Å²) >= 11 is 0. The van der Waals surface area contributed by atoms with Crippen LogP contribution in [0, 0.1) is 30.5 Å². The first kappa shape index (κ1) is 28.4. The summed E-state index contributed by atoms with van der Waals surface area (Å²) in [5, 5.41) is 0. The van der Waals surface area contributed by atoms with Crippen LogP contribution in [0.4, 0.5) is 17.1 Å².